The fraction of sp³-hybridized carbons (Fsp3) is 0.280. The van der Waals surface area contributed by atoms with Gasteiger partial charge in [0.1, 0.15) is 0 Å². The van der Waals surface area contributed by atoms with Crippen LogP contribution in [-0.2, 0) is 6.42 Å². The molecule has 1 saturated heterocycles. The number of anilines is 2. The molecule has 2 heterocycles. The number of ether oxygens (including phenoxy) is 1. The highest BCUT2D eigenvalue weighted by Gasteiger charge is 2.20. The predicted octanol–water partition coefficient (Wildman–Crippen LogP) is 5.25. The Kier molecular flexibility index (Phi) is 6.92. The lowest BCUT2D eigenvalue weighted by Gasteiger charge is -2.34. The molecule has 2 aromatic carbocycles. The molecule has 0 unspecified atom stereocenters. The van der Waals surface area contributed by atoms with E-state index in [-0.39, 0.29) is 6.04 Å². The van der Waals surface area contributed by atoms with E-state index in [0.29, 0.717) is 34.6 Å². The van der Waals surface area contributed by atoms with E-state index in [4.69, 9.17) is 26.9 Å². The first-order chi connectivity index (χ1) is 16.1. The van der Waals surface area contributed by atoms with Gasteiger partial charge in [0.15, 0.2) is 5.75 Å². The van der Waals surface area contributed by atoms with Gasteiger partial charge in [0.2, 0.25) is 11.8 Å². The number of nitriles is 2. The van der Waals surface area contributed by atoms with Gasteiger partial charge in [0.05, 0.1) is 29.1 Å². The van der Waals surface area contributed by atoms with Crippen LogP contribution in [0.2, 0.25) is 5.02 Å². The van der Waals surface area contributed by atoms with Crippen molar-refractivity contribution >= 4 is 23.2 Å². The van der Waals surface area contributed by atoms with Crippen LogP contribution in [-0.4, -0.2) is 29.1 Å². The predicted molar refractivity (Wildman–Crippen MR) is 128 cm³/mol. The minimum absolute atomic E-state index is 0.249. The zero-order chi connectivity index (χ0) is 23.2. The van der Waals surface area contributed by atoms with Crippen LogP contribution in [0.5, 0.6) is 11.6 Å². The summed E-state index contributed by atoms with van der Waals surface area (Å²) in [5.41, 5.74) is 3.44. The van der Waals surface area contributed by atoms with E-state index in [1.807, 2.05) is 19.1 Å². The summed E-state index contributed by atoms with van der Waals surface area (Å²) in [6, 6.07) is 17.7. The van der Waals surface area contributed by atoms with Gasteiger partial charge in [-0.05, 0) is 55.2 Å². The number of benzene rings is 2. The van der Waals surface area contributed by atoms with Gasteiger partial charge < -0.3 is 15.0 Å². The van der Waals surface area contributed by atoms with Gasteiger partial charge in [-0.1, -0.05) is 23.7 Å². The molecule has 1 fully saturated rings. The molecule has 166 valence electrons. The molecule has 1 aromatic heterocycles. The Morgan fingerprint density at radius 1 is 1.18 bits per heavy atom. The lowest BCUT2D eigenvalue weighted by Crippen LogP contribution is -2.39. The molecule has 1 aliphatic heterocycles. The number of hydrogen-bond donors (Lipinski definition) is 1. The Morgan fingerprint density at radius 3 is 2.73 bits per heavy atom. The minimum atomic E-state index is 0.249. The first-order valence-electron chi connectivity index (χ1n) is 10.7. The van der Waals surface area contributed by atoms with Gasteiger partial charge in [-0.25, -0.2) is 4.98 Å². The molecule has 3 aromatic rings. The summed E-state index contributed by atoms with van der Waals surface area (Å²) in [6.45, 7) is 3.65. The van der Waals surface area contributed by atoms with Crippen LogP contribution in [0.3, 0.4) is 0 Å². The van der Waals surface area contributed by atoms with Gasteiger partial charge in [-0.15, -0.1) is 0 Å². The second kappa shape index (κ2) is 10.2. The third-order valence-corrected chi connectivity index (χ3v) is 5.86. The highest BCUT2D eigenvalue weighted by atomic mass is 35.5. The van der Waals surface area contributed by atoms with E-state index in [9.17, 15) is 0 Å². The quantitative estimate of drug-likeness (QED) is 0.538. The lowest BCUT2D eigenvalue weighted by atomic mass is 10.0. The first kappa shape index (κ1) is 22.4. The maximum atomic E-state index is 9.08. The standard InChI is InChI=1S/C25H23ClN6O/c1-17-13-19(16-28)15-22(26)24(17)33-23-6-10-29-25(31-23)30-20-7-11-32(12-8-20)21-4-2-3-18(14-21)5-9-27/h2-4,6,10,13-15,20H,5,7-8,11-12H2,1H3,(H,29,30,31). The zero-order valence-corrected chi connectivity index (χ0v) is 19.0. The highest BCUT2D eigenvalue weighted by Crippen LogP contribution is 2.33. The van der Waals surface area contributed by atoms with Crippen molar-refractivity contribution in [1.29, 1.82) is 10.5 Å². The Labute approximate surface area is 198 Å². The second-order valence-electron chi connectivity index (χ2n) is 7.95. The summed E-state index contributed by atoms with van der Waals surface area (Å²) in [7, 11) is 0. The Hall–Kier alpha value is -3.81. The van der Waals surface area contributed by atoms with Crippen molar-refractivity contribution in [2.45, 2.75) is 32.2 Å². The Balaban J connectivity index is 1.38. The molecule has 0 spiro atoms. The number of halogens is 1. The summed E-state index contributed by atoms with van der Waals surface area (Å²) in [5.74, 6) is 1.37. The summed E-state index contributed by atoms with van der Waals surface area (Å²) in [4.78, 5) is 11.2. The molecule has 4 rings (SSSR count). The van der Waals surface area contributed by atoms with Crippen LogP contribution in [0.1, 0.15) is 29.5 Å². The first-order valence-corrected chi connectivity index (χ1v) is 11.1. The molecule has 33 heavy (non-hydrogen) atoms. The Bertz CT molecular complexity index is 1200. The van der Waals surface area contributed by atoms with Crippen molar-refractivity contribution < 1.29 is 4.74 Å². The molecule has 0 bridgehead atoms. The summed E-state index contributed by atoms with van der Waals surface area (Å²) in [5, 5.41) is 21.8. The molecule has 0 aliphatic carbocycles. The number of nitrogens with one attached hydrogen (secondary N) is 1. The fourth-order valence-corrected chi connectivity index (χ4v) is 4.22. The summed E-state index contributed by atoms with van der Waals surface area (Å²) >= 11 is 6.29. The van der Waals surface area contributed by atoms with E-state index in [2.05, 4.69) is 44.5 Å². The topological polar surface area (TPSA) is 97.9 Å². The Morgan fingerprint density at radius 2 is 2.00 bits per heavy atom. The zero-order valence-electron chi connectivity index (χ0n) is 18.3. The van der Waals surface area contributed by atoms with Crippen molar-refractivity contribution in [3.8, 4) is 23.8 Å². The van der Waals surface area contributed by atoms with Gasteiger partial charge in [-0.2, -0.15) is 15.5 Å². The van der Waals surface area contributed by atoms with Crippen molar-refractivity contribution in [3.63, 3.8) is 0 Å². The number of nitrogens with zero attached hydrogens (tertiary/aromatic N) is 5. The van der Waals surface area contributed by atoms with E-state index >= 15 is 0 Å². The average molecular weight is 459 g/mol. The van der Waals surface area contributed by atoms with E-state index in [1.54, 1.807) is 24.4 Å². The van der Waals surface area contributed by atoms with Crippen LogP contribution in [0.4, 0.5) is 11.6 Å². The number of piperidine rings is 1. The van der Waals surface area contributed by atoms with Crippen molar-refractivity contribution in [2.75, 3.05) is 23.3 Å². The monoisotopic (exact) mass is 458 g/mol. The van der Waals surface area contributed by atoms with Gasteiger partial charge in [0.25, 0.3) is 0 Å². The molecular formula is C25H23ClN6O. The fourth-order valence-electron chi connectivity index (χ4n) is 3.92. The molecule has 7 nitrogen and oxygen atoms in total. The number of rotatable bonds is 6. The maximum Gasteiger partial charge on any atom is 0.226 e. The van der Waals surface area contributed by atoms with Crippen LogP contribution < -0.4 is 15.0 Å². The van der Waals surface area contributed by atoms with Crippen molar-refractivity contribution in [2.24, 2.45) is 0 Å². The van der Waals surface area contributed by atoms with E-state index < -0.39 is 0 Å². The van der Waals surface area contributed by atoms with Gasteiger partial charge in [-0.3, -0.25) is 0 Å². The smallest absolute Gasteiger partial charge is 0.226 e. The molecule has 0 atom stereocenters. The molecule has 0 radical (unpaired) electrons. The van der Waals surface area contributed by atoms with Crippen LogP contribution in [0, 0.1) is 29.6 Å². The van der Waals surface area contributed by atoms with E-state index in [0.717, 1.165) is 42.7 Å². The molecular weight excluding hydrogens is 436 g/mol. The van der Waals surface area contributed by atoms with Crippen LogP contribution in [0.25, 0.3) is 0 Å². The van der Waals surface area contributed by atoms with Crippen LogP contribution in [0.15, 0.2) is 48.7 Å². The van der Waals surface area contributed by atoms with Crippen molar-refractivity contribution in [1.82, 2.24) is 9.97 Å². The normalized spacial score (nSPS) is 13.8. The van der Waals surface area contributed by atoms with Crippen LogP contribution >= 0.6 is 11.6 Å². The molecule has 0 amide bonds. The third kappa shape index (κ3) is 5.52. The number of hydrogen-bond acceptors (Lipinski definition) is 7. The highest BCUT2D eigenvalue weighted by molar-refractivity contribution is 6.32. The number of aryl methyl sites for hydroxylation is 1. The number of aromatic nitrogens is 2. The second-order valence-corrected chi connectivity index (χ2v) is 8.35. The maximum absolute atomic E-state index is 9.08. The largest absolute Gasteiger partial charge is 0.437 e. The SMILES string of the molecule is Cc1cc(C#N)cc(Cl)c1Oc1ccnc(NC2CCN(c3cccc(CC#N)c3)CC2)n1. The minimum Gasteiger partial charge on any atom is -0.437 e. The average Bonchev–Trinajstić information content (AvgIpc) is 2.82. The lowest BCUT2D eigenvalue weighted by molar-refractivity contribution is 0.457. The molecule has 0 saturated carbocycles. The summed E-state index contributed by atoms with van der Waals surface area (Å²) in [6.07, 6.45) is 3.96. The summed E-state index contributed by atoms with van der Waals surface area (Å²) < 4.78 is 5.91. The van der Waals surface area contributed by atoms with Gasteiger partial charge in [0, 0.05) is 37.1 Å². The van der Waals surface area contributed by atoms with Crippen molar-refractivity contribution in [3.05, 3.63) is 70.4 Å². The molecule has 8 heteroatoms. The molecule has 1 N–H and O–H groups in total. The van der Waals surface area contributed by atoms with Gasteiger partial charge >= 0.3 is 0 Å². The molecule has 1 aliphatic rings. The third-order valence-electron chi connectivity index (χ3n) is 5.58. The van der Waals surface area contributed by atoms with E-state index in [1.165, 1.54) is 0 Å².